The Bertz CT molecular complexity index is 1160. The molecule has 3 aromatic rings. The fourth-order valence-electron chi connectivity index (χ4n) is 3.82. The van der Waals surface area contributed by atoms with E-state index < -0.39 is 0 Å². The number of phenols is 1. The largest absolute Gasteiger partial charge is 0.506 e. The number of nitrogens with two attached hydrogens (primary N) is 2. The van der Waals surface area contributed by atoms with E-state index in [1.165, 1.54) is 6.33 Å². The van der Waals surface area contributed by atoms with Gasteiger partial charge < -0.3 is 22.0 Å². The van der Waals surface area contributed by atoms with E-state index in [1.54, 1.807) is 22.7 Å². The van der Waals surface area contributed by atoms with E-state index in [9.17, 15) is 5.11 Å². The Morgan fingerprint density at radius 3 is 2.79 bits per heavy atom. The van der Waals surface area contributed by atoms with Gasteiger partial charge in [0.25, 0.3) is 0 Å². The maximum Gasteiger partial charge on any atom is 0.200 e. The summed E-state index contributed by atoms with van der Waals surface area (Å²) in [6.45, 7) is 6.52. The van der Waals surface area contributed by atoms with Gasteiger partial charge in [0.1, 0.15) is 17.6 Å². The molecule has 1 aromatic carbocycles. The second kappa shape index (κ2) is 9.92. The number of aromatic hydroxyl groups is 1. The predicted molar refractivity (Wildman–Crippen MR) is 128 cm³/mol. The third-order valence-electron chi connectivity index (χ3n) is 5.58. The zero-order chi connectivity index (χ0) is 23.4. The van der Waals surface area contributed by atoms with E-state index in [0.29, 0.717) is 17.1 Å². The smallest absolute Gasteiger partial charge is 0.200 e. The highest BCUT2D eigenvalue weighted by molar-refractivity contribution is 6.00. The van der Waals surface area contributed by atoms with Crippen molar-refractivity contribution in [3.8, 4) is 5.75 Å². The second-order valence-corrected chi connectivity index (χ2v) is 8.48. The molecule has 1 fully saturated rings. The first-order valence-corrected chi connectivity index (χ1v) is 11.0. The molecule has 0 atom stereocenters. The predicted octanol–water partition coefficient (Wildman–Crippen LogP) is 2.58. The molecule has 3 heterocycles. The lowest BCUT2D eigenvalue weighted by Crippen LogP contribution is -2.39. The lowest BCUT2D eigenvalue weighted by molar-refractivity contribution is 0.206. The topological polar surface area (TPSA) is 155 Å². The molecule has 1 aliphatic rings. The zero-order valence-electron chi connectivity index (χ0n) is 18.9. The number of nitrogens with zero attached hydrogens (tertiary/aromatic N) is 7. The van der Waals surface area contributed by atoms with Crippen LogP contribution in [0.2, 0.25) is 0 Å². The summed E-state index contributed by atoms with van der Waals surface area (Å²) in [7, 11) is 0. The molecule has 33 heavy (non-hydrogen) atoms. The molecule has 0 bridgehead atoms. The number of hydrogen-bond donors (Lipinski definition) is 4. The number of azo groups is 1. The van der Waals surface area contributed by atoms with E-state index in [1.807, 2.05) is 26.1 Å². The number of amidine groups is 1. The van der Waals surface area contributed by atoms with Crippen molar-refractivity contribution in [1.29, 1.82) is 0 Å². The molecule has 0 aliphatic carbocycles. The van der Waals surface area contributed by atoms with Crippen LogP contribution in [0.3, 0.4) is 0 Å². The molecule has 4 rings (SSSR count). The molecule has 11 nitrogen and oxygen atoms in total. The summed E-state index contributed by atoms with van der Waals surface area (Å²) >= 11 is 0. The van der Waals surface area contributed by atoms with Crippen molar-refractivity contribution in [2.24, 2.45) is 26.9 Å². The van der Waals surface area contributed by atoms with Gasteiger partial charge in [-0.15, -0.1) is 5.11 Å². The summed E-state index contributed by atoms with van der Waals surface area (Å²) in [5.74, 6) is 6.44. The maximum atomic E-state index is 10.5. The summed E-state index contributed by atoms with van der Waals surface area (Å²) in [5.41, 5.74) is 9.06. The summed E-state index contributed by atoms with van der Waals surface area (Å²) < 4.78 is 1.78. The quantitative estimate of drug-likeness (QED) is 0.112. The number of hydrazone groups is 1. The normalized spacial score (nSPS) is 16.3. The average Bonchev–Trinajstić information content (AvgIpc) is 3.21. The molecule has 1 aliphatic heterocycles. The summed E-state index contributed by atoms with van der Waals surface area (Å²) in [4.78, 5) is 6.83. The van der Waals surface area contributed by atoms with Crippen molar-refractivity contribution in [3.63, 3.8) is 0 Å². The third-order valence-corrected chi connectivity index (χ3v) is 5.58. The number of aromatic nitrogens is 3. The molecule has 2 aromatic heterocycles. The van der Waals surface area contributed by atoms with Crippen LogP contribution >= 0.6 is 0 Å². The highest BCUT2D eigenvalue weighted by Crippen LogP contribution is 2.30. The number of benzene rings is 1. The van der Waals surface area contributed by atoms with Crippen molar-refractivity contribution < 1.29 is 5.11 Å². The first-order valence-electron chi connectivity index (χ1n) is 11.0. The van der Waals surface area contributed by atoms with E-state index >= 15 is 0 Å². The highest BCUT2D eigenvalue weighted by Gasteiger charge is 2.19. The van der Waals surface area contributed by atoms with Crippen molar-refractivity contribution in [2.75, 3.05) is 18.4 Å². The monoisotopic (exact) mass is 450 g/mol. The van der Waals surface area contributed by atoms with Gasteiger partial charge in [-0.25, -0.2) is 9.50 Å². The van der Waals surface area contributed by atoms with Crippen LogP contribution in [0.15, 0.2) is 52.1 Å². The number of phenolic OH excluding ortho intramolecular Hbond substituents is 1. The maximum absolute atomic E-state index is 10.5. The van der Waals surface area contributed by atoms with Crippen molar-refractivity contribution in [1.82, 2.24) is 19.5 Å². The number of piperidine rings is 1. The van der Waals surface area contributed by atoms with Crippen LogP contribution in [-0.4, -0.2) is 55.6 Å². The Hall–Kier alpha value is -3.57. The lowest BCUT2D eigenvalue weighted by Gasteiger charge is -2.29. The Morgan fingerprint density at radius 2 is 2.06 bits per heavy atom. The first kappa shape index (κ1) is 22.6. The SMILES string of the molecule is CC(C)N=NC(=NN)c1ccc(O)c(Nc2ncnn3ccc(CN4CCC(N)CC4)c23)c1. The molecular weight excluding hydrogens is 420 g/mol. The van der Waals surface area contributed by atoms with Gasteiger partial charge in [-0.05, 0) is 69.6 Å². The Morgan fingerprint density at radius 1 is 1.27 bits per heavy atom. The number of rotatable bonds is 6. The van der Waals surface area contributed by atoms with Gasteiger partial charge >= 0.3 is 0 Å². The first-order chi connectivity index (χ1) is 15.9. The molecule has 0 saturated carbocycles. The molecule has 0 amide bonds. The minimum absolute atomic E-state index is 0.00851. The van der Waals surface area contributed by atoms with E-state index in [4.69, 9.17) is 11.6 Å². The fraction of sp³-hybridized carbons (Fsp3) is 0.409. The molecule has 1 saturated heterocycles. The van der Waals surface area contributed by atoms with Gasteiger partial charge in [-0.1, -0.05) is 0 Å². The minimum Gasteiger partial charge on any atom is -0.506 e. The van der Waals surface area contributed by atoms with Crippen LogP contribution in [-0.2, 0) is 6.54 Å². The van der Waals surface area contributed by atoms with Gasteiger partial charge in [0.2, 0.25) is 0 Å². The number of fused-ring (bicyclic) bond motifs is 1. The second-order valence-electron chi connectivity index (χ2n) is 8.48. The van der Waals surface area contributed by atoms with Crippen molar-refractivity contribution in [2.45, 2.75) is 45.3 Å². The number of nitrogens with one attached hydrogen (secondary N) is 1. The van der Waals surface area contributed by atoms with Gasteiger partial charge in [-0.3, -0.25) is 4.90 Å². The molecule has 11 heteroatoms. The highest BCUT2D eigenvalue weighted by atomic mass is 16.3. The van der Waals surface area contributed by atoms with Crippen LogP contribution in [0.4, 0.5) is 11.5 Å². The molecular formula is C22H30N10O. The summed E-state index contributed by atoms with van der Waals surface area (Å²) in [6.07, 6.45) is 5.37. The zero-order valence-corrected chi connectivity index (χ0v) is 18.9. The minimum atomic E-state index is 0.00851. The van der Waals surface area contributed by atoms with Gasteiger partial charge in [-0.2, -0.15) is 15.3 Å². The van der Waals surface area contributed by atoms with Gasteiger partial charge in [0, 0.05) is 24.3 Å². The molecule has 0 spiro atoms. The molecule has 0 radical (unpaired) electrons. The Labute approximate surface area is 192 Å². The fourth-order valence-corrected chi connectivity index (χ4v) is 3.82. The van der Waals surface area contributed by atoms with Crippen LogP contribution in [0.5, 0.6) is 5.75 Å². The Kier molecular flexibility index (Phi) is 6.80. The van der Waals surface area contributed by atoms with Gasteiger partial charge in [0.15, 0.2) is 11.7 Å². The number of likely N-dealkylation sites (tertiary alicyclic amines) is 1. The van der Waals surface area contributed by atoms with Crippen LogP contribution in [0, 0.1) is 0 Å². The van der Waals surface area contributed by atoms with E-state index in [2.05, 4.69) is 35.6 Å². The van der Waals surface area contributed by atoms with Crippen LogP contribution in [0.1, 0.15) is 37.8 Å². The van der Waals surface area contributed by atoms with Gasteiger partial charge in [0.05, 0.1) is 11.7 Å². The van der Waals surface area contributed by atoms with Crippen molar-refractivity contribution >= 4 is 22.9 Å². The molecule has 0 unspecified atom stereocenters. The Balaban J connectivity index is 1.63. The number of anilines is 2. The van der Waals surface area contributed by atoms with E-state index in [-0.39, 0.29) is 23.7 Å². The molecule has 6 N–H and O–H groups in total. The van der Waals surface area contributed by atoms with Crippen LogP contribution < -0.4 is 16.9 Å². The summed E-state index contributed by atoms with van der Waals surface area (Å²) in [6, 6.07) is 7.30. The van der Waals surface area contributed by atoms with E-state index in [0.717, 1.165) is 43.6 Å². The third kappa shape index (κ3) is 5.26. The standard InChI is InChI=1S/C22H30N10O/c1-14(2)29-30-21(28-24)15-3-4-19(33)18(11-15)27-22-20-16(5-10-32(20)26-13-25-22)12-31-8-6-17(23)7-9-31/h3-5,10-11,13-14,17,33H,6-9,12,23-24H2,1-2H3,(H,25,26,27). The van der Waals surface area contributed by atoms with Crippen molar-refractivity contribution in [3.05, 3.63) is 47.9 Å². The number of hydrogen-bond acceptors (Lipinski definition) is 9. The summed E-state index contributed by atoms with van der Waals surface area (Å²) in [5, 5.41) is 30.0. The van der Waals surface area contributed by atoms with Crippen LogP contribution in [0.25, 0.3) is 5.52 Å². The molecule has 174 valence electrons. The lowest BCUT2D eigenvalue weighted by atomic mass is 10.1. The average molecular weight is 451 g/mol.